The highest BCUT2D eigenvalue weighted by atomic mass is 19.4. The molecule has 12 heteroatoms. The molecule has 1 saturated heterocycles. The van der Waals surface area contributed by atoms with Crippen LogP contribution in [0, 0.1) is 5.92 Å². The van der Waals surface area contributed by atoms with Gasteiger partial charge in [0.05, 0.1) is 16.8 Å². The number of allylic oxidation sites excluding steroid dienone is 1. The largest absolute Gasteiger partial charge is 0.418 e. The second-order valence-corrected chi connectivity index (χ2v) is 11.6. The van der Waals surface area contributed by atoms with Crippen LogP contribution < -0.4 is 4.90 Å². The predicted octanol–water partition coefficient (Wildman–Crippen LogP) is 7.36. The minimum atomic E-state index is -4.69. The van der Waals surface area contributed by atoms with Crippen LogP contribution in [-0.4, -0.2) is 57.4 Å². The number of aromatic nitrogens is 3. The third kappa shape index (κ3) is 6.84. The number of nitrogens with zero attached hydrogens (tertiary/aromatic N) is 6. The molecule has 5 rings (SSSR count). The van der Waals surface area contributed by atoms with Gasteiger partial charge in [0.25, 0.3) is 0 Å². The molecular weight excluding hydrogens is 570 g/mol. The summed E-state index contributed by atoms with van der Waals surface area (Å²) in [5, 5.41) is 8.15. The molecule has 0 spiro atoms. The lowest BCUT2D eigenvalue weighted by Gasteiger charge is -2.34. The van der Waals surface area contributed by atoms with E-state index < -0.39 is 29.4 Å². The molecule has 2 aromatic rings. The van der Waals surface area contributed by atoms with Crippen LogP contribution in [-0.2, 0) is 13.2 Å². The van der Waals surface area contributed by atoms with E-state index in [4.69, 9.17) is 0 Å². The van der Waals surface area contributed by atoms with Crippen LogP contribution in [0.3, 0.4) is 0 Å². The Morgan fingerprint density at radius 1 is 1.00 bits per heavy atom. The van der Waals surface area contributed by atoms with Crippen LogP contribution in [0.15, 0.2) is 72.6 Å². The molecule has 1 saturated carbocycles. The Kier molecular flexibility index (Phi) is 8.78. The SMILES string of the molecule is C=CN(/C=C1/C(C(F)(F)F)=CC(CN2CCCCC2)=CN1C)c1cc(C(c2nncn2C)C2CCC2)cc(C(F)(F)F)c1. The van der Waals surface area contributed by atoms with Gasteiger partial charge >= 0.3 is 12.4 Å². The fourth-order valence-corrected chi connectivity index (χ4v) is 6.12. The van der Waals surface area contributed by atoms with Crippen molar-refractivity contribution in [3.63, 3.8) is 0 Å². The number of alkyl halides is 6. The first kappa shape index (κ1) is 30.9. The summed E-state index contributed by atoms with van der Waals surface area (Å²) in [7, 11) is 3.26. The van der Waals surface area contributed by atoms with Crippen LogP contribution in [0.2, 0.25) is 0 Å². The van der Waals surface area contributed by atoms with Crippen molar-refractivity contribution in [2.75, 3.05) is 31.6 Å². The number of hydrogen-bond acceptors (Lipinski definition) is 5. The molecule has 1 unspecified atom stereocenters. The molecule has 0 bridgehead atoms. The summed E-state index contributed by atoms with van der Waals surface area (Å²) < 4.78 is 87.5. The van der Waals surface area contributed by atoms with Crippen molar-refractivity contribution < 1.29 is 26.3 Å². The Morgan fingerprint density at radius 3 is 2.28 bits per heavy atom. The third-order valence-corrected chi connectivity index (χ3v) is 8.53. The summed E-state index contributed by atoms with van der Waals surface area (Å²) in [5.74, 6) is 0.159. The zero-order chi connectivity index (χ0) is 30.9. The first-order valence-electron chi connectivity index (χ1n) is 14.5. The highest BCUT2D eigenvalue weighted by Gasteiger charge is 2.40. The molecule has 3 aliphatic rings. The quantitative estimate of drug-likeness (QED) is 0.294. The predicted molar refractivity (Wildman–Crippen MR) is 153 cm³/mol. The molecule has 1 aromatic carbocycles. The molecule has 1 aliphatic carbocycles. The fraction of sp³-hybridized carbons (Fsp3) is 0.484. The molecule has 1 aromatic heterocycles. The van der Waals surface area contributed by atoms with Crippen molar-refractivity contribution in [2.24, 2.45) is 13.0 Å². The zero-order valence-electron chi connectivity index (χ0n) is 24.3. The van der Waals surface area contributed by atoms with Gasteiger partial charge in [0.1, 0.15) is 12.2 Å². The van der Waals surface area contributed by atoms with Gasteiger partial charge in [0.15, 0.2) is 0 Å². The van der Waals surface area contributed by atoms with E-state index in [2.05, 4.69) is 21.7 Å². The van der Waals surface area contributed by atoms with E-state index in [9.17, 15) is 26.3 Å². The van der Waals surface area contributed by atoms with E-state index in [0.717, 1.165) is 69.8 Å². The summed E-state index contributed by atoms with van der Waals surface area (Å²) in [6.07, 6.45) is 3.09. The summed E-state index contributed by atoms with van der Waals surface area (Å²) in [6.45, 7) is 5.79. The van der Waals surface area contributed by atoms with Gasteiger partial charge in [-0.2, -0.15) is 26.3 Å². The topological polar surface area (TPSA) is 40.4 Å². The minimum absolute atomic E-state index is 0.0526. The molecular formula is C31H36F6N6. The number of likely N-dealkylation sites (tertiary alicyclic amines) is 1. The Morgan fingerprint density at radius 2 is 1.72 bits per heavy atom. The highest BCUT2D eigenvalue weighted by molar-refractivity contribution is 5.59. The summed E-state index contributed by atoms with van der Waals surface area (Å²) >= 11 is 0. The third-order valence-electron chi connectivity index (χ3n) is 8.53. The molecule has 43 heavy (non-hydrogen) atoms. The monoisotopic (exact) mass is 606 g/mol. The molecule has 0 amide bonds. The lowest BCUT2D eigenvalue weighted by molar-refractivity contribution is -0.137. The van der Waals surface area contributed by atoms with Crippen LogP contribution >= 0.6 is 0 Å². The maximum Gasteiger partial charge on any atom is 0.418 e. The maximum atomic E-state index is 14.4. The van der Waals surface area contributed by atoms with Gasteiger partial charge in [-0.05, 0) is 80.1 Å². The van der Waals surface area contributed by atoms with E-state index in [-0.39, 0.29) is 17.3 Å². The van der Waals surface area contributed by atoms with Gasteiger partial charge in [-0.3, -0.25) is 4.90 Å². The second kappa shape index (κ2) is 12.2. The number of rotatable bonds is 8. The highest BCUT2D eigenvalue weighted by Crippen LogP contribution is 2.45. The lowest BCUT2D eigenvalue weighted by Crippen LogP contribution is -2.34. The average Bonchev–Trinajstić information content (AvgIpc) is 3.34. The summed E-state index contributed by atoms with van der Waals surface area (Å²) in [4.78, 5) is 4.74. The number of anilines is 1. The van der Waals surface area contributed by atoms with Crippen molar-refractivity contribution in [3.05, 3.63) is 89.6 Å². The van der Waals surface area contributed by atoms with Crippen LogP contribution in [0.1, 0.15) is 61.4 Å². The van der Waals surface area contributed by atoms with Gasteiger partial charge in [-0.25, -0.2) is 0 Å². The number of likely N-dealkylation sites (N-methyl/N-ethyl adjacent to an activating group) is 1. The molecule has 2 aliphatic heterocycles. The number of piperidine rings is 1. The fourth-order valence-electron chi connectivity index (χ4n) is 6.12. The molecule has 232 valence electrons. The average molecular weight is 607 g/mol. The van der Waals surface area contributed by atoms with E-state index >= 15 is 0 Å². The minimum Gasteiger partial charge on any atom is -0.349 e. The normalized spacial score (nSPS) is 20.5. The first-order chi connectivity index (χ1) is 20.3. The van der Waals surface area contributed by atoms with E-state index in [1.54, 1.807) is 23.9 Å². The summed E-state index contributed by atoms with van der Waals surface area (Å²) in [5.41, 5.74) is -1.01. The standard InChI is InChI=1S/C31H36F6N6/c1-4-43(19-27-26(31(35,36)37)13-21(17-40(27)2)18-42-11-6-5-7-12-42)25-15-23(14-24(16-25)30(32,33)34)28(22-9-8-10-22)29-39-38-20-41(29)3/h4,13-17,19-20,22,28H,1,5-12,18H2,2-3H3/b27-19-. The molecule has 1 atom stereocenters. The lowest BCUT2D eigenvalue weighted by atomic mass is 9.72. The van der Waals surface area contributed by atoms with Crippen LogP contribution in [0.5, 0.6) is 0 Å². The molecule has 3 heterocycles. The Labute approximate surface area is 247 Å². The molecule has 0 N–H and O–H groups in total. The van der Waals surface area contributed by atoms with E-state index in [0.29, 0.717) is 23.5 Å². The first-order valence-corrected chi connectivity index (χ1v) is 14.5. The van der Waals surface area contributed by atoms with E-state index in [1.165, 1.54) is 35.6 Å². The van der Waals surface area contributed by atoms with Crippen molar-refractivity contribution >= 4 is 5.69 Å². The van der Waals surface area contributed by atoms with Gasteiger partial charge in [-0.1, -0.05) is 19.4 Å². The van der Waals surface area contributed by atoms with Gasteiger partial charge < -0.3 is 14.4 Å². The molecule has 0 radical (unpaired) electrons. The zero-order valence-corrected chi connectivity index (χ0v) is 24.3. The number of hydrogen-bond donors (Lipinski definition) is 0. The smallest absolute Gasteiger partial charge is 0.349 e. The summed E-state index contributed by atoms with van der Waals surface area (Å²) in [6, 6.07) is 3.64. The number of benzene rings is 1. The number of aryl methyl sites for hydroxylation is 1. The Balaban J connectivity index is 1.56. The molecule has 2 fully saturated rings. The van der Waals surface area contributed by atoms with Gasteiger partial charge in [0, 0.05) is 50.8 Å². The Hall–Kier alpha value is -3.54. The molecule has 6 nitrogen and oxygen atoms in total. The maximum absolute atomic E-state index is 14.4. The van der Waals surface area contributed by atoms with Crippen molar-refractivity contribution in [2.45, 2.75) is 56.8 Å². The van der Waals surface area contributed by atoms with E-state index in [1.807, 2.05) is 0 Å². The van der Waals surface area contributed by atoms with Crippen molar-refractivity contribution in [1.29, 1.82) is 0 Å². The van der Waals surface area contributed by atoms with Gasteiger partial charge in [-0.15, -0.1) is 10.2 Å². The number of halogens is 6. The van der Waals surface area contributed by atoms with Crippen LogP contribution in [0.25, 0.3) is 0 Å². The van der Waals surface area contributed by atoms with Crippen molar-refractivity contribution in [3.8, 4) is 0 Å². The van der Waals surface area contributed by atoms with Crippen LogP contribution in [0.4, 0.5) is 32.0 Å². The van der Waals surface area contributed by atoms with Gasteiger partial charge in [0.2, 0.25) is 0 Å². The second-order valence-electron chi connectivity index (χ2n) is 11.6. The van der Waals surface area contributed by atoms with Crippen molar-refractivity contribution in [1.82, 2.24) is 24.6 Å². The Bertz CT molecular complexity index is 1410.